The lowest BCUT2D eigenvalue weighted by Gasteiger charge is -2.10. The van der Waals surface area contributed by atoms with E-state index >= 15 is 0 Å². The summed E-state index contributed by atoms with van der Waals surface area (Å²) in [6.07, 6.45) is 0. The van der Waals surface area contributed by atoms with Gasteiger partial charge in [0.2, 0.25) is 0 Å². The monoisotopic (exact) mass is 371 g/mol. The summed E-state index contributed by atoms with van der Waals surface area (Å²) in [5.74, 6) is -0.321. The zero-order valence-corrected chi connectivity index (χ0v) is 14.9. The molecule has 3 rings (SSSR count). The molecular weight excluding hydrogens is 354 g/mol. The first-order chi connectivity index (χ1) is 12.5. The molecule has 0 aliphatic heterocycles. The molecule has 1 aromatic heterocycles. The Morgan fingerprint density at radius 2 is 1.96 bits per heavy atom. The Morgan fingerprint density at radius 1 is 1.23 bits per heavy atom. The summed E-state index contributed by atoms with van der Waals surface area (Å²) < 4.78 is 6.82. The average Bonchev–Trinajstić information content (AvgIpc) is 3.07. The van der Waals surface area contributed by atoms with Gasteiger partial charge in [-0.25, -0.2) is 4.79 Å². The van der Waals surface area contributed by atoms with Crippen molar-refractivity contribution in [2.75, 3.05) is 7.11 Å². The van der Waals surface area contributed by atoms with Gasteiger partial charge in [0.1, 0.15) is 5.75 Å². The van der Waals surface area contributed by atoms with Gasteiger partial charge in [-0.3, -0.25) is 4.68 Å². The summed E-state index contributed by atoms with van der Waals surface area (Å²) >= 11 is 6.13. The Kier molecular flexibility index (Phi) is 5.25. The van der Waals surface area contributed by atoms with E-state index in [0.29, 0.717) is 23.8 Å². The van der Waals surface area contributed by atoms with Crippen molar-refractivity contribution in [1.82, 2.24) is 9.78 Å². The van der Waals surface area contributed by atoms with Crippen molar-refractivity contribution in [3.63, 3.8) is 0 Å². The van der Waals surface area contributed by atoms with Gasteiger partial charge in [0.15, 0.2) is 5.69 Å². The second-order valence-corrected chi connectivity index (χ2v) is 6.14. The van der Waals surface area contributed by atoms with Gasteiger partial charge in [0.25, 0.3) is 0 Å². The molecule has 0 saturated carbocycles. The molecule has 3 N–H and O–H groups in total. The zero-order chi connectivity index (χ0) is 18.7. The Balaban J connectivity index is 2.02. The number of nitrogens with zero attached hydrogens (tertiary/aromatic N) is 2. The molecule has 7 heteroatoms. The smallest absolute Gasteiger partial charge is 0.356 e. The molecule has 0 unspecified atom stereocenters. The van der Waals surface area contributed by atoms with Crippen LogP contribution in [0.25, 0.3) is 11.3 Å². The first-order valence-corrected chi connectivity index (χ1v) is 8.32. The van der Waals surface area contributed by atoms with Crippen LogP contribution in [0.5, 0.6) is 5.75 Å². The SMILES string of the molecule is COc1ccc(Cn2nc(C(=O)O)cc2-c2ccc(Cl)c(CN)c2)cc1. The van der Waals surface area contributed by atoms with Gasteiger partial charge >= 0.3 is 5.97 Å². The number of carbonyl (C=O) groups is 1. The van der Waals surface area contributed by atoms with Gasteiger partial charge in [-0.15, -0.1) is 0 Å². The van der Waals surface area contributed by atoms with E-state index in [9.17, 15) is 9.90 Å². The Morgan fingerprint density at radius 3 is 2.58 bits per heavy atom. The minimum absolute atomic E-state index is 0.0160. The number of ether oxygens (including phenoxy) is 1. The highest BCUT2D eigenvalue weighted by Crippen LogP contribution is 2.27. The van der Waals surface area contributed by atoms with Crippen molar-refractivity contribution in [1.29, 1.82) is 0 Å². The number of hydrogen-bond acceptors (Lipinski definition) is 4. The van der Waals surface area contributed by atoms with Gasteiger partial charge in [-0.1, -0.05) is 29.8 Å². The first-order valence-electron chi connectivity index (χ1n) is 7.94. The van der Waals surface area contributed by atoms with Crippen molar-refractivity contribution in [3.05, 3.63) is 70.4 Å². The number of nitrogens with two attached hydrogens (primary N) is 1. The van der Waals surface area contributed by atoms with Crippen LogP contribution in [0, 0.1) is 0 Å². The van der Waals surface area contributed by atoms with E-state index in [1.54, 1.807) is 23.9 Å². The second kappa shape index (κ2) is 7.59. The number of aromatic nitrogens is 2. The van der Waals surface area contributed by atoms with E-state index in [4.69, 9.17) is 22.1 Å². The van der Waals surface area contributed by atoms with Crippen molar-refractivity contribution in [2.24, 2.45) is 5.73 Å². The predicted octanol–water partition coefficient (Wildman–Crippen LogP) is 3.42. The number of rotatable bonds is 6. The third-order valence-corrected chi connectivity index (χ3v) is 4.42. The summed E-state index contributed by atoms with van der Waals surface area (Å²) in [4.78, 5) is 11.4. The standard InChI is InChI=1S/C19H18ClN3O3/c1-26-15-5-2-12(3-6-15)11-23-18(9-17(22-23)19(24)25)13-4-7-16(20)14(8-13)10-21/h2-9H,10-11,21H2,1H3,(H,24,25). The Bertz CT molecular complexity index is 936. The highest BCUT2D eigenvalue weighted by molar-refractivity contribution is 6.31. The molecule has 0 bridgehead atoms. The fraction of sp³-hybridized carbons (Fsp3) is 0.158. The van der Waals surface area contributed by atoms with Crippen LogP contribution in [-0.4, -0.2) is 28.0 Å². The number of hydrogen-bond donors (Lipinski definition) is 2. The summed E-state index contributed by atoms with van der Waals surface area (Å²) in [5, 5.41) is 14.1. The Hall–Kier alpha value is -2.83. The lowest BCUT2D eigenvalue weighted by molar-refractivity contribution is 0.0689. The minimum atomic E-state index is -1.08. The average molecular weight is 372 g/mol. The van der Waals surface area contributed by atoms with Crippen LogP contribution in [0.3, 0.4) is 0 Å². The number of benzene rings is 2. The van der Waals surface area contributed by atoms with E-state index in [2.05, 4.69) is 5.10 Å². The van der Waals surface area contributed by atoms with Crippen LogP contribution in [0.4, 0.5) is 0 Å². The fourth-order valence-corrected chi connectivity index (χ4v) is 2.86. The molecule has 26 heavy (non-hydrogen) atoms. The van der Waals surface area contributed by atoms with Crippen molar-refractivity contribution in [2.45, 2.75) is 13.1 Å². The molecule has 0 atom stereocenters. The molecular formula is C19H18ClN3O3. The van der Waals surface area contributed by atoms with Gasteiger partial charge in [0.05, 0.1) is 19.3 Å². The highest BCUT2D eigenvalue weighted by atomic mass is 35.5. The van der Waals surface area contributed by atoms with Gasteiger partial charge in [-0.2, -0.15) is 5.10 Å². The third kappa shape index (κ3) is 3.71. The van der Waals surface area contributed by atoms with Crippen LogP contribution in [0.2, 0.25) is 5.02 Å². The van der Waals surface area contributed by atoms with Gasteiger partial charge < -0.3 is 15.6 Å². The maximum absolute atomic E-state index is 11.4. The van der Waals surface area contributed by atoms with Crippen molar-refractivity contribution in [3.8, 4) is 17.0 Å². The van der Waals surface area contributed by atoms with E-state index in [1.165, 1.54) is 0 Å². The molecule has 0 aliphatic rings. The predicted molar refractivity (Wildman–Crippen MR) is 99.6 cm³/mol. The number of halogens is 1. The molecule has 1 heterocycles. The summed E-state index contributed by atoms with van der Waals surface area (Å²) in [7, 11) is 1.61. The number of carboxylic acid groups (broad SMARTS) is 1. The van der Waals surface area contributed by atoms with Gasteiger partial charge in [-0.05, 0) is 41.5 Å². The largest absolute Gasteiger partial charge is 0.497 e. The molecule has 0 aliphatic carbocycles. The number of aromatic carboxylic acids is 1. The minimum Gasteiger partial charge on any atom is -0.497 e. The van der Waals surface area contributed by atoms with Crippen LogP contribution in [0.1, 0.15) is 21.6 Å². The van der Waals surface area contributed by atoms with E-state index in [1.807, 2.05) is 36.4 Å². The molecule has 6 nitrogen and oxygen atoms in total. The number of methoxy groups -OCH3 is 1. The van der Waals surface area contributed by atoms with E-state index < -0.39 is 5.97 Å². The van der Waals surface area contributed by atoms with E-state index in [0.717, 1.165) is 22.4 Å². The molecule has 0 saturated heterocycles. The maximum Gasteiger partial charge on any atom is 0.356 e. The van der Waals surface area contributed by atoms with Crippen molar-refractivity contribution < 1.29 is 14.6 Å². The van der Waals surface area contributed by atoms with Crippen LogP contribution >= 0.6 is 11.6 Å². The number of carboxylic acids is 1. The molecule has 0 spiro atoms. The Labute approximate surface area is 155 Å². The third-order valence-electron chi connectivity index (χ3n) is 4.05. The molecule has 2 aromatic carbocycles. The highest BCUT2D eigenvalue weighted by Gasteiger charge is 2.16. The molecule has 134 valence electrons. The quantitative estimate of drug-likeness (QED) is 0.692. The van der Waals surface area contributed by atoms with Crippen LogP contribution < -0.4 is 10.5 Å². The summed E-state index contributed by atoms with van der Waals surface area (Å²) in [5.41, 5.74) is 8.97. The van der Waals surface area contributed by atoms with Crippen LogP contribution in [0.15, 0.2) is 48.5 Å². The maximum atomic E-state index is 11.4. The lowest BCUT2D eigenvalue weighted by atomic mass is 10.1. The van der Waals surface area contributed by atoms with E-state index in [-0.39, 0.29) is 5.69 Å². The van der Waals surface area contributed by atoms with Crippen molar-refractivity contribution >= 4 is 17.6 Å². The summed E-state index contributed by atoms with van der Waals surface area (Å²) in [6, 6.07) is 14.5. The summed E-state index contributed by atoms with van der Waals surface area (Å²) in [6.45, 7) is 0.721. The fourth-order valence-electron chi connectivity index (χ4n) is 2.67. The normalized spacial score (nSPS) is 10.7. The molecule has 0 fully saturated rings. The van der Waals surface area contributed by atoms with Crippen LogP contribution in [-0.2, 0) is 13.1 Å². The van der Waals surface area contributed by atoms with Gasteiger partial charge in [0, 0.05) is 17.1 Å². The lowest BCUT2D eigenvalue weighted by Crippen LogP contribution is -2.06. The topological polar surface area (TPSA) is 90.4 Å². The zero-order valence-electron chi connectivity index (χ0n) is 14.1. The first kappa shape index (κ1) is 18.0. The molecule has 0 radical (unpaired) electrons. The molecule has 0 amide bonds. The second-order valence-electron chi connectivity index (χ2n) is 5.74. The molecule has 3 aromatic rings.